The second kappa shape index (κ2) is 5.91. The van der Waals surface area contributed by atoms with E-state index in [9.17, 15) is 4.39 Å². The van der Waals surface area contributed by atoms with E-state index in [4.69, 9.17) is 5.73 Å². The van der Waals surface area contributed by atoms with Crippen molar-refractivity contribution in [3.05, 3.63) is 17.8 Å². The maximum absolute atomic E-state index is 14.0. The van der Waals surface area contributed by atoms with Crippen LogP contribution in [0.2, 0.25) is 0 Å². The van der Waals surface area contributed by atoms with Crippen molar-refractivity contribution in [2.24, 2.45) is 5.73 Å². The van der Waals surface area contributed by atoms with Gasteiger partial charge in [0, 0.05) is 6.54 Å². The molecule has 0 saturated carbocycles. The highest BCUT2D eigenvalue weighted by Gasteiger charge is 2.26. The van der Waals surface area contributed by atoms with Gasteiger partial charge >= 0.3 is 0 Å². The fraction of sp³-hybridized carbons (Fsp3) is 0.667. The lowest BCUT2D eigenvalue weighted by molar-refractivity contribution is 0.438. The molecule has 0 aromatic carbocycles. The number of rotatable bonds is 6. The minimum absolute atomic E-state index is 0.256. The number of aryl methyl sites for hydroxylation is 1. The molecule has 0 unspecified atom stereocenters. The van der Waals surface area contributed by atoms with E-state index in [0.717, 1.165) is 12.8 Å². The van der Waals surface area contributed by atoms with Gasteiger partial charge in [0.05, 0.1) is 11.2 Å². The Bertz CT molecular complexity index is 355. The summed E-state index contributed by atoms with van der Waals surface area (Å²) in [5, 5.41) is 3.13. The molecule has 5 heteroatoms. The van der Waals surface area contributed by atoms with Crippen molar-refractivity contribution >= 4 is 5.82 Å². The van der Waals surface area contributed by atoms with Crippen LogP contribution in [0.1, 0.15) is 39.3 Å². The number of nitrogens with two attached hydrogens (primary N) is 1. The summed E-state index contributed by atoms with van der Waals surface area (Å²) in [6, 6.07) is 0. The highest BCUT2D eigenvalue weighted by atomic mass is 19.1. The zero-order valence-corrected chi connectivity index (χ0v) is 10.8. The topological polar surface area (TPSA) is 63.8 Å². The molecule has 1 heterocycles. The van der Waals surface area contributed by atoms with E-state index >= 15 is 0 Å². The second-order valence-corrected chi connectivity index (χ2v) is 4.15. The highest BCUT2D eigenvalue weighted by Crippen LogP contribution is 2.22. The molecule has 0 spiro atoms. The molecule has 1 rings (SSSR count). The van der Waals surface area contributed by atoms with Crippen molar-refractivity contribution in [1.82, 2.24) is 9.97 Å². The maximum Gasteiger partial charge on any atom is 0.186 e. The molecule has 0 amide bonds. The third kappa shape index (κ3) is 2.91. The Kier molecular flexibility index (Phi) is 4.81. The quantitative estimate of drug-likeness (QED) is 0.799. The van der Waals surface area contributed by atoms with Crippen molar-refractivity contribution < 1.29 is 4.39 Å². The predicted octanol–water partition coefficient (Wildman–Crippen LogP) is 2.11. The first kappa shape index (κ1) is 13.8. The number of anilines is 1. The Hall–Kier alpha value is -1.23. The Morgan fingerprint density at radius 1 is 1.29 bits per heavy atom. The number of aromatic nitrogens is 2. The molecule has 1 aromatic heterocycles. The van der Waals surface area contributed by atoms with Gasteiger partial charge in [0.25, 0.3) is 0 Å². The van der Waals surface area contributed by atoms with Crippen LogP contribution in [0.3, 0.4) is 0 Å². The molecule has 1 aromatic rings. The van der Waals surface area contributed by atoms with Gasteiger partial charge < -0.3 is 11.1 Å². The normalized spacial score (nSPS) is 11.6. The molecular formula is C12H21FN4. The lowest BCUT2D eigenvalue weighted by Crippen LogP contribution is -2.45. The van der Waals surface area contributed by atoms with Crippen LogP contribution >= 0.6 is 0 Å². The van der Waals surface area contributed by atoms with Crippen molar-refractivity contribution in [3.63, 3.8) is 0 Å². The number of halogens is 1. The van der Waals surface area contributed by atoms with E-state index in [0.29, 0.717) is 18.7 Å². The second-order valence-electron chi connectivity index (χ2n) is 4.15. The first-order chi connectivity index (χ1) is 8.12. The summed E-state index contributed by atoms with van der Waals surface area (Å²) < 4.78 is 14.0. The predicted molar refractivity (Wildman–Crippen MR) is 67.4 cm³/mol. The average molecular weight is 240 g/mol. The lowest BCUT2D eigenvalue weighted by atomic mass is 9.93. The largest absolute Gasteiger partial charge is 0.361 e. The molecule has 3 N–H and O–H groups in total. The van der Waals surface area contributed by atoms with Crippen molar-refractivity contribution in [3.8, 4) is 0 Å². The Morgan fingerprint density at radius 3 is 2.41 bits per heavy atom. The monoisotopic (exact) mass is 240 g/mol. The smallest absolute Gasteiger partial charge is 0.186 e. The van der Waals surface area contributed by atoms with Gasteiger partial charge in [-0.3, -0.25) is 0 Å². The minimum atomic E-state index is -0.366. The number of nitrogens with zero attached hydrogens (tertiary/aromatic N) is 2. The van der Waals surface area contributed by atoms with Gasteiger partial charge in [0.1, 0.15) is 6.33 Å². The Morgan fingerprint density at radius 2 is 1.94 bits per heavy atom. The van der Waals surface area contributed by atoms with Crippen LogP contribution in [0.4, 0.5) is 10.2 Å². The molecule has 96 valence electrons. The van der Waals surface area contributed by atoms with Crippen molar-refractivity contribution in [2.75, 3.05) is 11.9 Å². The van der Waals surface area contributed by atoms with Crippen LogP contribution in [0, 0.1) is 5.82 Å². The van der Waals surface area contributed by atoms with Gasteiger partial charge in [-0.05, 0) is 19.3 Å². The molecule has 0 aliphatic heterocycles. The summed E-state index contributed by atoms with van der Waals surface area (Å²) in [5.41, 5.74) is 5.91. The molecule has 0 aliphatic carbocycles. The molecule has 0 radical (unpaired) electrons. The zero-order chi connectivity index (χ0) is 12.9. The molecule has 17 heavy (non-hydrogen) atoms. The average Bonchev–Trinajstić information content (AvgIpc) is 2.38. The molecule has 0 saturated heterocycles. The van der Waals surface area contributed by atoms with Gasteiger partial charge in [0.2, 0.25) is 0 Å². The van der Waals surface area contributed by atoms with Crippen molar-refractivity contribution in [1.29, 1.82) is 0 Å². The van der Waals surface area contributed by atoms with Crippen LogP contribution in [-0.2, 0) is 6.42 Å². The van der Waals surface area contributed by atoms with E-state index in [-0.39, 0.29) is 17.2 Å². The molecule has 4 nitrogen and oxygen atoms in total. The third-order valence-corrected chi connectivity index (χ3v) is 3.32. The summed E-state index contributed by atoms with van der Waals surface area (Å²) in [6.45, 7) is 6.38. The van der Waals surface area contributed by atoms with Crippen LogP contribution in [0.25, 0.3) is 0 Å². The fourth-order valence-corrected chi connectivity index (χ4v) is 1.76. The zero-order valence-electron chi connectivity index (χ0n) is 10.8. The third-order valence-electron chi connectivity index (χ3n) is 3.32. The standard InChI is InChI=1S/C12H21FN4/c1-4-9-10(13)11(16-8-15-9)17-12(5-2,6-3)7-14/h8H,4-7,14H2,1-3H3,(H,15,16,17). The van der Waals surface area contributed by atoms with Crippen LogP contribution in [0.15, 0.2) is 6.33 Å². The molecular weight excluding hydrogens is 219 g/mol. The van der Waals surface area contributed by atoms with Gasteiger partial charge in [-0.1, -0.05) is 20.8 Å². The van der Waals surface area contributed by atoms with Gasteiger partial charge in [-0.15, -0.1) is 0 Å². The molecule has 0 bridgehead atoms. The summed E-state index contributed by atoms with van der Waals surface area (Å²) in [5.74, 6) is -0.110. The van der Waals surface area contributed by atoms with E-state index in [1.54, 1.807) is 0 Å². The fourth-order valence-electron chi connectivity index (χ4n) is 1.76. The Labute approximate surface area is 102 Å². The summed E-state index contributed by atoms with van der Waals surface area (Å²) >= 11 is 0. The van der Waals surface area contributed by atoms with Crippen LogP contribution in [0.5, 0.6) is 0 Å². The van der Waals surface area contributed by atoms with Crippen LogP contribution in [-0.4, -0.2) is 22.1 Å². The van der Waals surface area contributed by atoms with Gasteiger partial charge in [-0.2, -0.15) is 0 Å². The number of hydrogen-bond donors (Lipinski definition) is 2. The van der Waals surface area contributed by atoms with Gasteiger partial charge in [0.15, 0.2) is 11.6 Å². The first-order valence-corrected chi connectivity index (χ1v) is 6.10. The number of hydrogen-bond acceptors (Lipinski definition) is 4. The molecule has 0 fully saturated rings. The number of nitrogens with one attached hydrogen (secondary N) is 1. The van der Waals surface area contributed by atoms with E-state index in [1.165, 1.54) is 6.33 Å². The maximum atomic E-state index is 14.0. The summed E-state index contributed by atoms with van der Waals surface area (Å²) in [6.07, 6.45) is 3.59. The van der Waals surface area contributed by atoms with Crippen molar-refractivity contribution in [2.45, 2.75) is 45.6 Å². The Balaban J connectivity index is 3.01. The highest BCUT2D eigenvalue weighted by molar-refractivity contribution is 5.40. The summed E-state index contributed by atoms with van der Waals surface area (Å²) in [4.78, 5) is 7.87. The SMILES string of the molecule is CCc1ncnc(NC(CC)(CC)CN)c1F. The van der Waals surface area contributed by atoms with E-state index in [1.807, 2.05) is 20.8 Å². The van der Waals surface area contributed by atoms with Gasteiger partial charge in [-0.25, -0.2) is 14.4 Å². The van der Waals surface area contributed by atoms with E-state index < -0.39 is 0 Å². The molecule has 0 atom stereocenters. The first-order valence-electron chi connectivity index (χ1n) is 6.10. The summed E-state index contributed by atoms with van der Waals surface area (Å²) in [7, 11) is 0. The lowest BCUT2D eigenvalue weighted by Gasteiger charge is -2.32. The van der Waals surface area contributed by atoms with Crippen LogP contribution < -0.4 is 11.1 Å². The molecule has 0 aliphatic rings. The van der Waals surface area contributed by atoms with E-state index in [2.05, 4.69) is 15.3 Å². The minimum Gasteiger partial charge on any atom is -0.361 e.